The molecule has 6 nitrogen and oxygen atoms in total. The van der Waals surface area contributed by atoms with Gasteiger partial charge in [-0.05, 0) is 78.6 Å². The molecule has 1 amide bonds. The predicted octanol–water partition coefficient (Wildman–Crippen LogP) is 5.56. The third-order valence-electron chi connectivity index (χ3n) is 6.73. The van der Waals surface area contributed by atoms with Gasteiger partial charge in [0.2, 0.25) is 0 Å². The molecule has 35 heavy (non-hydrogen) atoms. The average Bonchev–Trinajstić information content (AvgIpc) is 2.81. The lowest BCUT2D eigenvalue weighted by Crippen LogP contribution is -2.38. The second kappa shape index (κ2) is 10.0. The molecule has 2 N–H and O–H groups in total. The highest BCUT2D eigenvalue weighted by molar-refractivity contribution is 5.94. The zero-order valence-electron chi connectivity index (χ0n) is 20.7. The van der Waals surface area contributed by atoms with Crippen molar-refractivity contribution in [2.45, 2.75) is 46.1 Å². The number of fused-ring (bicyclic) bond motifs is 1. The Morgan fingerprint density at radius 2 is 1.86 bits per heavy atom. The maximum Gasteiger partial charge on any atom is 0.307 e. The van der Waals surface area contributed by atoms with Crippen LogP contribution in [-0.2, 0) is 9.53 Å². The lowest BCUT2D eigenvalue weighted by atomic mass is 9.61. The summed E-state index contributed by atoms with van der Waals surface area (Å²) in [6, 6.07) is 14.2. The lowest BCUT2D eigenvalue weighted by molar-refractivity contribution is -0.140. The monoisotopic (exact) mass is 477 g/mol. The molecule has 7 heteroatoms. The number of esters is 1. The Morgan fingerprint density at radius 3 is 2.51 bits per heavy atom. The number of aryl methyl sites for hydroxylation is 1. The first-order valence-electron chi connectivity index (χ1n) is 11.9. The Hall–Kier alpha value is -3.48. The molecule has 0 saturated heterocycles. The molecule has 0 bridgehead atoms. The number of rotatable bonds is 8. The number of carbonyl (C=O) groups is 2. The van der Waals surface area contributed by atoms with Gasteiger partial charge in [0.15, 0.2) is 0 Å². The highest BCUT2D eigenvalue weighted by Gasteiger charge is 2.41. The van der Waals surface area contributed by atoms with E-state index in [-0.39, 0.29) is 36.7 Å². The first kappa shape index (κ1) is 24.6. The number of halogens is 1. The molecular formula is C28H32FN3O3. The molecule has 0 spiro atoms. The molecule has 1 atom stereocenters. The van der Waals surface area contributed by atoms with Crippen LogP contribution in [-0.4, -0.2) is 30.5 Å². The van der Waals surface area contributed by atoms with E-state index in [0.29, 0.717) is 16.9 Å². The van der Waals surface area contributed by atoms with Gasteiger partial charge in [-0.25, -0.2) is 9.37 Å². The molecular weight excluding hydrogens is 445 g/mol. The average molecular weight is 478 g/mol. The van der Waals surface area contributed by atoms with Gasteiger partial charge in [0.05, 0.1) is 25.1 Å². The molecule has 184 valence electrons. The number of hydrogen-bond donors (Lipinski definition) is 2. The van der Waals surface area contributed by atoms with Gasteiger partial charge in [-0.15, -0.1) is 0 Å². The maximum atomic E-state index is 13.6. The third kappa shape index (κ3) is 5.78. The third-order valence-corrected chi connectivity index (χ3v) is 6.73. The van der Waals surface area contributed by atoms with Crippen LogP contribution in [0.4, 0.5) is 10.2 Å². The number of pyridine rings is 1. The molecule has 2 aromatic carbocycles. The quantitative estimate of drug-likeness (QED) is 0.415. The lowest BCUT2D eigenvalue weighted by Gasteiger charge is -2.47. The minimum atomic E-state index is -0.360. The van der Waals surface area contributed by atoms with E-state index in [1.54, 1.807) is 6.07 Å². The smallest absolute Gasteiger partial charge is 0.307 e. The van der Waals surface area contributed by atoms with Crippen LogP contribution in [0.3, 0.4) is 0 Å². The number of ether oxygens (including phenoxy) is 1. The summed E-state index contributed by atoms with van der Waals surface area (Å²) in [6.07, 6.45) is 2.30. The molecule has 1 saturated carbocycles. The van der Waals surface area contributed by atoms with Crippen LogP contribution in [0.25, 0.3) is 10.9 Å². The summed E-state index contributed by atoms with van der Waals surface area (Å²) in [5, 5.41) is 7.17. The molecule has 0 radical (unpaired) electrons. The van der Waals surface area contributed by atoms with E-state index in [4.69, 9.17) is 4.98 Å². The van der Waals surface area contributed by atoms with Crippen molar-refractivity contribution >= 4 is 28.6 Å². The fourth-order valence-corrected chi connectivity index (χ4v) is 4.94. The topological polar surface area (TPSA) is 80.3 Å². The summed E-state index contributed by atoms with van der Waals surface area (Å²) in [6.45, 7) is 6.75. The van der Waals surface area contributed by atoms with Gasteiger partial charge >= 0.3 is 5.97 Å². The molecule has 4 rings (SSSR count). The van der Waals surface area contributed by atoms with E-state index >= 15 is 0 Å². The summed E-state index contributed by atoms with van der Waals surface area (Å²) in [5.41, 5.74) is 3.61. The van der Waals surface area contributed by atoms with E-state index in [1.165, 1.54) is 19.2 Å². The Balaban J connectivity index is 1.54. The SMILES string of the molecule is COC(=O)CCNC(=O)c1ccc([C@@H](Nc2nc3ccc(F)cc3cc2C)C2CC(C)(C)C2)cc1. The van der Waals surface area contributed by atoms with Gasteiger partial charge in [0, 0.05) is 17.5 Å². The van der Waals surface area contributed by atoms with Crippen molar-refractivity contribution in [3.63, 3.8) is 0 Å². The first-order chi connectivity index (χ1) is 16.6. The predicted molar refractivity (Wildman–Crippen MR) is 135 cm³/mol. The highest BCUT2D eigenvalue weighted by atomic mass is 19.1. The van der Waals surface area contributed by atoms with Crippen LogP contribution in [0, 0.1) is 24.1 Å². The number of anilines is 1. The Bertz CT molecular complexity index is 1230. The molecule has 0 unspecified atom stereocenters. The second-order valence-corrected chi connectivity index (χ2v) is 10.1. The molecule has 1 heterocycles. The molecule has 1 aromatic heterocycles. The van der Waals surface area contributed by atoms with Crippen molar-refractivity contribution in [3.05, 3.63) is 71.0 Å². The Kier molecular flexibility index (Phi) is 7.05. The molecule has 0 aliphatic heterocycles. The number of carbonyl (C=O) groups excluding carboxylic acids is 2. The number of methoxy groups -OCH3 is 1. The van der Waals surface area contributed by atoms with Gasteiger partial charge in [-0.3, -0.25) is 9.59 Å². The molecule has 1 aliphatic rings. The van der Waals surface area contributed by atoms with Crippen LogP contribution < -0.4 is 10.6 Å². The van der Waals surface area contributed by atoms with Crippen molar-refractivity contribution < 1.29 is 18.7 Å². The van der Waals surface area contributed by atoms with Crippen molar-refractivity contribution in [2.75, 3.05) is 19.0 Å². The van der Waals surface area contributed by atoms with Crippen LogP contribution in [0.2, 0.25) is 0 Å². The minimum Gasteiger partial charge on any atom is -0.469 e. The summed E-state index contributed by atoms with van der Waals surface area (Å²) in [4.78, 5) is 28.5. The van der Waals surface area contributed by atoms with E-state index in [1.807, 2.05) is 37.3 Å². The van der Waals surface area contributed by atoms with E-state index in [0.717, 1.165) is 40.7 Å². The van der Waals surface area contributed by atoms with Crippen molar-refractivity contribution in [2.24, 2.45) is 11.3 Å². The van der Waals surface area contributed by atoms with Gasteiger partial charge in [-0.1, -0.05) is 26.0 Å². The number of nitrogens with one attached hydrogen (secondary N) is 2. The number of aromatic nitrogens is 1. The molecule has 1 aliphatic carbocycles. The second-order valence-electron chi connectivity index (χ2n) is 10.1. The highest BCUT2D eigenvalue weighted by Crippen LogP contribution is 2.51. The summed E-state index contributed by atoms with van der Waals surface area (Å²) in [5.74, 6) is 0.344. The summed E-state index contributed by atoms with van der Waals surface area (Å²) < 4.78 is 18.2. The summed E-state index contributed by atoms with van der Waals surface area (Å²) >= 11 is 0. The van der Waals surface area contributed by atoms with E-state index in [9.17, 15) is 14.0 Å². The van der Waals surface area contributed by atoms with Gasteiger partial charge in [0.25, 0.3) is 5.91 Å². The van der Waals surface area contributed by atoms with E-state index in [2.05, 4.69) is 29.2 Å². The minimum absolute atomic E-state index is 0.0311. The first-order valence-corrected chi connectivity index (χ1v) is 11.9. The maximum absolute atomic E-state index is 13.6. The number of nitrogens with zero attached hydrogens (tertiary/aromatic N) is 1. The Morgan fingerprint density at radius 1 is 1.14 bits per heavy atom. The number of amides is 1. The van der Waals surface area contributed by atoms with Crippen molar-refractivity contribution in [1.29, 1.82) is 0 Å². The number of hydrogen-bond acceptors (Lipinski definition) is 5. The zero-order valence-corrected chi connectivity index (χ0v) is 20.7. The van der Waals surface area contributed by atoms with Gasteiger partial charge < -0.3 is 15.4 Å². The summed E-state index contributed by atoms with van der Waals surface area (Å²) in [7, 11) is 1.32. The van der Waals surface area contributed by atoms with Gasteiger partial charge in [0.1, 0.15) is 11.6 Å². The standard InChI is InChI=1S/C28H32FN3O3/c1-17-13-20-14-22(29)9-10-23(20)31-26(17)32-25(21-15-28(2,3)16-21)18-5-7-19(8-6-18)27(34)30-12-11-24(33)35-4/h5-10,13-14,21,25H,11-12,15-16H2,1-4H3,(H,30,34)(H,31,32)/t25-/m1/s1. The van der Waals surface area contributed by atoms with Crippen LogP contribution >= 0.6 is 0 Å². The van der Waals surface area contributed by atoms with Crippen molar-refractivity contribution in [3.8, 4) is 0 Å². The van der Waals surface area contributed by atoms with Crippen LogP contribution in [0.5, 0.6) is 0 Å². The normalized spacial score (nSPS) is 15.8. The number of benzene rings is 2. The van der Waals surface area contributed by atoms with Crippen LogP contribution in [0.1, 0.15) is 60.6 Å². The van der Waals surface area contributed by atoms with E-state index < -0.39 is 0 Å². The van der Waals surface area contributed by atoms with Gasteiger partial charge in [-0.2, -0.15) is 0 Å². The fourth-order valence-electron chi connectivity index (χ4n) is 4.94. The van der Waals surface area contributed by atoms with Crippen molar-refractivity contribution in [1.82, 2.24) is 10.3 Å². The molecule has 3 aromatic rings. The Labute approximate surface area is 205 Å². The largest absolute Gasteiger partial charge is 0.469 e. The zero-order chi connectivity index (χ0) is 25.2. The fraction of sp³-hybridized carbons (Fsp3) is 0.393. The molecule has 1 fully saturated rings. The van der Waals surface area contributed by atoms with Crippen LogP contribution in [0.15, 0.2) is 48.5 Å².